The molecule has 0 aliphatic heterocycles. The van der Waals surface area contributed by atoms with Crippen LogP contribution in [-0.4, -0.2) is 5.91 Å². The smallest absolute Gasteiger partial charge is 0.417 e. The van der Waals surface area contributed by atoms with Gasteiger partial charge in [0.2, 0.25) is 5.91 Å². The first kappa shape index (κ1) is 19.9. The van der Waals surface area contributed by atoms with Gasteiger partial charge in [-0.3, -0.25) is 4.79 Å². The Kier molecular flexibility index (Phi) is 5.74. The molecule has 2 aromatic carbocycles. The van der Waals surface area contributed by atoms with Gasteiger partial charge in [0.15, 0.2) is 0 Å². The number of hydrogen-bond donors (Lipinski definition) is 1. The number of carbonyl (C=O) groups is 1. The van der Waals surface area contributed by atoms with E-state index in [-0.39, 0.29) is 23.0 Å². The van der Waals surface area contributed by atoms with Crippen LogP contribution in [-0.2, 0) is 11.0 Å². The normalized spacial score (nSPS) is 11.8. The molecule has 0 spiro atoms. The van der Waals surface area contributed by atoms with Crippen molar-refractivity contribution in [3.05, 3.63) is 82.0 Å². The highest BCUT2D eigenvalue weighted by Gasteiger charge is 2.34. The van der Waals surface area contributed by atoms with Gasteiger partial charge in [0.25, 0.3) is 0 Å². The van der Waals surface area contributed by atoms with Crippen LogP contribution < -0.4 is 5.32 Å². The minimum Gasteiger partial charge on any atom is -0.457 e. The summed E-state index contributed by atoms with van der Waals surface area (Å²) in [6.07, 6.45) is -1.82. The van der Waals surface area contributed by atoms with Gasteiger partial charge in [0, 0.05) is 21.8 Å². The van der Waals surface area contributed by atoms with E-state index in [0.717, 1.165) is 16.1 Å². The Morgan fingerprint density at radius 1 is 1.07 bits per heavy atom. The number of hydrogen-bond acceptors (Lipinski definition) is 2. The van der Waals surface area contributed by atoms with Crippen LogP contribution in [0, 0.1) is 6.92 Å². The third-order valence-electron chi connectivity index (χ3n) is 4.05. The summed E-state index contributed by atoms with van der Waals surface area (Å²) in [5.74, 6) is -0.0289. The number of nitrogens with one attached hydrogen (secondary N) is 1. The highest BCUT2D eigenvalue weighted by molar-refractivity contribution is 9.10. The van der Waals surface area contributed by atoms with E-state index < -0.39 is 11.7 Å². The van der Waals surface area contributed by atoms with Crippen LogP contribution in [0.5, 0.6) is 0 Å². The molecule has 0 aliphatic rings. The van der Waals surface area contributed by atoms with Crippen LogP contribution in [0.4, 0.5) is 18.9 Å². The molecule has 144 valence electrons. The maximum absolute atomic E-state index is 13.2. The fourth-order valence-electron chi connectivity index (χ4n) is 2.61. The maximum atomic E-state index is 13.2. The minimum absolute atomic E-state index is 0.0520. The molecule has 0 atom stereocenters. The summed E-state index contributed by atoms with van der Waals surface area (Å²) in [5.41, 5.74) is 0.711. The van der Waals surface area contributed by atoms with Gasteiger partial charge in [-0.25, -0.2) is 0 Å². The molecule has 1 aromatic heterocycles. The number of carbonyl (C=O) groups excluding carboxylic acids is 1. The van der Waals surface area contributed by atoms with E-state index in [1.54, 1.807) is 12.1 Å². The second-order valence-electron chi connectivity index (χ2n) is 5.98. The van der Waals surface area contributed by atoms with Crippen molar-refractivity contribution in [1.82, 2.24) is 0 Å². The molecule has 3 rings (SSSR count). The number of furan rings is 1. The zero-order valence-corrected chi connectivity index (χ0v) is 16.3. The van der Waals surface area contributed by atoms with Crippen molar-refractivity contribution < 1.29 is 22.4 Å². The summed E-state index contributed by atoms with van der Waals surface area (Å²) in [6, 6.07) is 13.6. The zero-order valence-electron chi connectivity index (χ0n) is 14.7. The van der Waals surface area contributed by atoms with Gasteiger partial charge in [0.05, 0.1) is 5.56 Å². The molecule has 0 saturated heterocycles. The number of alkyl halides is 3. The quantitative estimate of drug-likeness (QED) is 0.450. The Bertz CT molecular complexity index is 1040. The first-order valence-corrected chi connectivity index (χ1v) is 9.05. The van der Waals surface area contributed by atoms with Crippen molar-refractivity contribution >= 4 is 33.6 Å². The third-order valence-corrected chi connectivity index (χ3v) is 4.91. The highest BCUT2D eigenvalue weighted by atomic mass is 79.9. The van der Waals surface area contributed by atoms with Crippen LogP contribution in [0.1, 0.15) is 16.9 Å². The monoisotopic (exact) mass is 449 g/mol. The number of anilines is 1. The minimum atomic E-state index is -4.49. The van der Waals surface area contributed by atoms with Crippen LogP contribution in [0.3, 0.4) is 0 Å². The maximum Gasteiger partial charge on any atom is 0.417 e. The van der Waals surface area contributed by atoms with E-state index in [2.05, 4.69) is 21.2 Å². The van der Waals surface area contributed by atoms with E-state index in [4.69, 9.17) is 4.42 Å². The molecular formula is C21H15BrF3NO2. The van der Waals surface area contributed by atoms with Crippen molar-refractivity contribution in [3.63, 3.8) is 0 Å². The van der Waals surface area contributed by atoms with Crippen molar-refractivity contribution in [2.24, 2.45) is 0 Å². The Hall–Kier alpha value is -2.80. The lowest BCUT2D eigenvalue weighted by Crippen LogP contribution is -2.08. The Morgan fingerprint density at radius 2 is 1.82 bits per heavy atom. The fraction of sp³-hybridized carbons (Fsp3) is 0.0952. The number of rotatable bonds is 4. The average molecular weight is 450 g/mol. The molecule has 0 bridgehead atoms. The number of benzene rings is 2. The zero-order chi connectivity index (χ0) is 20.3. The molecule has 0 radical (unpaired) electrons. The summed E-state index contributed by atoms with van der Waals surface area (Å²) in [7, 11) is 0. The lowest BCUT2D eigenvalue weighted by molar-refractivity contribution is -0.137. The van der Waals surface area contributed by atoms with Gasteiger partial charge < -0.3 is 9.73 Å². The number of halogens is 4. The van der Waals surface area contributed by atoms with E-state index in [1.165, 1.54) is 42.5 Å². The van der Waals surface area contributed by atoms with Crippen molar-refractivity contribution in [2.75, 3.05) is 5.32 Å². The van der Waals surface area contributed by atoms with Gasteiger partial charge in [-0.2, -0.15) is 13.2 Å². The van der Waals surface area contributed by atoms with Crippen LogP contribution in [0.25, 0.3) is 17.4 Å². The Morgan fingerprint density at radius 3 is 2.57 bits per heavy atom. The average Bonchev–Trinajstić information content (AvgIpc) is 3.12. The standard InChI is InChI=1S/C21H15BrF3NO2/c1-13-17(22)7-4-8-18(13)26-20(27)12-10-14-9-11-19(28-14)15-5-2-3-6-16(15)21(23,24)25/h2-12H,1H3,(H,26,27)/b12-10+. The van der Waals surface area contributed by atoms with Gasteiger partial charge >= 0.3 is 6.18 Å². The predicted octanol–water partition coefficient (Wildman–Crippen LogP) is 6.69. The number of amides is 1. The molecule has 0 unspecified atom stereocenters. The second-order valence-corrected chi connectivity index (χ2v) is 6.83. The lowest BCUT2D eigenvalue weighted by atomic mass is 10.1. The first-order chi connectivity index (χ1) is 13.3. The molecule has 28 heavy (non-hydrogen) atoms. The first-order valence-electron chi connectivity index (χ1n) is 8.26. The molecule has 1 N–H and O–H groups in total. The molecule has 0 saturated carbocycles. The van der Waals surface area contributed by atoms with E-state index in [0.29, 0.717) is 5.69 Å². The van der Waals surface area contributed by atoms with Gasteiger partial charge in [0.1, 0.15) is 11.5 Å². The molecule has 7 heteroatoms. The van der Waals surface area contributed by atoms with Crippen molar-refractivity contribution in [3.8, 4) is 11.3 Å². The summed E-state index contributed by atoms with van der Waals surface area (Å²) in [6.45, 7) is 1.86. The van der Waals surface area contributed by atoms with E-state index in [9.17, 15) is 18.0 Å². The van der Waals surface area contributed by atoms with Crippen molar-refractivity contribution in [1.29, 1.82) is 0 Å². The summed E-state index contributed by atoms with van der Waals surface area (Å²) < 4.78 is 45.8. The largest absolute Gasteiger partial charge is 0.457 e. The third kappa shape index (κ3) is 4.54. The fourth-order valence-corrected chi connectivity index (χ4v) is 2.97. The van der Waals surface area contributed by atoms with Gasteiger partial charge in [-0.1, -0.05) is 40.2 Å². The Balaban J connectivity index is 1.77. The SMILES string of the molecule is Cc1c(Br)cccc1NC(=O)/C=C/c1ccc(-c2ccccc2C(F)(F)F)o1. The van der Waals surface area contributed by atoms with E-state index in [1.807, 2.05) is 13.0 Å². The molecule has 3 nitrogen and oxygen atoms in total. The van der Waals surface area contributed by atoms with Gasteiger partial charge in [-0.05, 0) is 48.9 Å². The van der Waals surface area contributed by atoms with Crippen LogP contribution >= 0.6 is 15.9 Å². The molecular weight excluding hydrogens is 435 g/mol. The topological polar surface area (TPSA) is 42.2 Å². The molecule has 0 aliphatic carbocycles. The Labute approximate surface area is 168 Å². The van der Waals surface area contributed by atoms with Gasteiger partial charge in [-0.15, -0.1) is 0 Å². The summed E-state index contributed by atoms with van der Waals surface area (Å²) in [5, 5.41) is 2.74. The predicted molar refractivity (Wildman–Crippen MR) is 106 cm³/mol. The molecule has 0 fully saturated rings. The summed E-state index contributed by atoms with van der Waals surface area (Å²) in [4.78, 5) is 12.1. The second kappa shape index (κ2) is 8.06. The van der Waals surface area contributed by atoms with E-state index >= 15 is 0 Å². The highest BCUT2D eigenvalue weighted by Crippen LogP contribution is 2.37. The van der Waals surface area contributed by atoms with Crippen LogP contribution in [0.2, 0.25) is 0 Å². The van der Waals surface area contributed by atoms with Crippen LogP contribution in [0.15, 0.2) is 69.6 Å². The van der Waals surface area contributed by atoms with Crippen molar-refractivity contribution in [2.45, 2.75) is 13.1 Å². The molecule has 1 heterocycles. The lowest BCUT2D eigenvalue weighted by Gasteiger charge is -2.10. The molecule has 3 aromatic rings. The summed E-state index contributed by atoms with van der Waals surface area (Å²) >= 11 is 3.39. The molecule has 1 amide bonds.